The number of carbonyl (C=O) groups excluding carboxylic acids is 1. The fraction of sp³-hybridized carbons (Fsp3) is 0. The Labute approximate surface area is 106 Å². The molecule has 0 spiro atoms. The number of hydrogen-bond donors (Lipinski definition) is 2. The van der Waals surface area contributed by atoms with Crippen molar-refractivity contribution in [2.24, 2.45) is 0 Å². The van der Waals surface area contributed by atoms with Crippen molar-refractivity contribution in [2.45, 2.75) is 0 Å². The van der Waals surface area contributed by atoms with E-state index in [1.807, 2.05) is 0 Å². The van der Waals surface area contributed by atoms with Crippen LogP contribution < -0.4 is 11.1 Å². The summed E-state index contributed by atoms with van der Waals surface area (Å²) in [6.45, 7) is 0. The van der Waals surface area contributed by atoms with Crippen molar-refractivity contribution in [3.05, 3.63) is 45.4 Å². The van der Waals surface area contributed by atoms with Gasteiger partial charge in [0.25, 0.3) is 5.91 Å². The van der Waals surface area contributed by atoms with Crippen LogP contribution in [0.1, 0.15) is 9.67 Å². The van der Waals surface area contributed by atoms with Gasteiger partial charge in [0, 0.05) is 0 Å². The lowest BCUT2D eigenvalue weighted by molar-refractivity contribution is 0.103. The quantitative estimate of drug-likeness (QED) is 0.879. The summed E-state index contributed by atoms with van der Waals surface area (Å²) in [7, 11) is 0. The molecule has 0 saturated carbocycles. The molecular weight excluding hydrogens is 263 g/mol. The van der Waals surface area contributed by atoms with Crippen molar-refractivity contribution in [2.75, 3.05) is 11.1 Å². The number of carbonyl (C=O) groups is 1. The van der Waals surface area contributed by atoms with Crippen molar-refractivity contribution in [1.82, 2.24) is 0 Å². The second-order valence-electron chi connectivity index (χ2n) is 3.26. The minimum absolute atomic E-state index is 0.0352. The third-order valence-corrected chi connectivity index (χ3v) is 3.35. The molecule has 88 valence electrons. The maximum atomic E-state index is 13.4. The van der Waals surface area contributed by atoms with E-state index in [2.05, 4.69) is 5.32 Å². The first kappa shape index (κ1) is 11.9. The van der Waals surface area contributed by atoms with E-state index in [9.17, 15) is 9.18 Å². The Morgan fingerprint density at radius 3 is 2.76 bits per heavy atom. The van der Waals surface area contributed by atoms with Crippen molar-refractivity contribution in [3.8, 4) is 0 Å². The summed E-state index contributed by atoms with van der Waals surface area (Å²) in [5.41, 5.74) is 5.92. The Kier molecular flexibility index (Phi) is 3.31. The highest BCUT2D eigenvalue weighted by atomic mass is 35.5. The van der Waals surface area contributed by atoms with Gasteiger partial charge in [-0.25, -0.2) is 4.39 Å². The lowest BCUT2D eigenvalue weighted by Crippen LogP contribution is -2.13. The van der Waals surface area contributed by atoms with Crippen LogP contribution in [0, 0.1) is 5.82 Å². The average Bonchev–Trinajstić information content (AvgIpc) is 2.70. The Balaban J connectivity index is 2.28. The van der Waals surface area contributed by atoms with Crippen LogP contribution >= 0.6 is 22.9 Å². The van der Waals surface area contributed by atoms with Crippen LogP contribution in [-0.4, -0.2) is 5.91 Å². The normalized spacial score (nSPS) is 10.2. The summed E-state index contributed by atoms with van der Waals surface area (Å²) in [6.07, 6.45) is 0. The average molecular weight is 271 g/mol. The molecule has 0 saturated heterocycles. The van der Waals surface area contributed by atoms with Crippen LogP contribution in [-0.2, 0) is 0 Å². The van der Waals surface area contributed by atoms with Crippen LogP contribution in [0.4, 0.5) is 15.8 Å². The largest absolute Gasteiger partial charge is 0.397 e. The highest BCUT2D eigenvalue weighted by molar-refractivity contribution is 7.12. The van der Waals surface area contributed by atoms with Gasteiger partial charge in [-0.2, -0.15) is 0 Å². The SMILES string of the molecule is Nc1ccsc1C(=O)Nc1c(F)cccc1Cl. The van der Waals surface area contributed by atoms with E-state index in [0.717, 1.165) is 0 Å². The molecule has 0 unspecified atom stereocenters. The molecule has 1 heterocycles. The summed E-state index contributed by atoms with van der Waals surface area (Å²) in [6, 6.07) is 5.80. The molecule has 6 heteroatoms. The molecule has 3 N–H and O–H groups in total. The number of nitrogens with two attached hydrogens (primary N) is 1. The molecule has 1 aromatic heterocycles. The van der Waals surface area contributed by atoms with E-state index in [1.165, 1.54) is 29.5 Å². The third-order valence-electron chi connectivity index (χ3n) is 2.10. The molecule has 0 bridgehead atoms. The molecule has 1 aromatic carbocycles. The zero-order chi connectivity index (χ0) is 12.4. The van der Waals surface area contributed by atoms with Crippen molar-refractivity contribution >= 4 is 40.2 Å². The summed E-state index contributed by atoms with van der Waals surface area (Å²) in [5.74, 6) is -1.05. The number of hydrogen-bond acceptors (Lipinski definition) is 3. The van der Waals surface area contributed by atoms with Gasteiger partial charge in [-0.3, -0.25) is 4.79 Å². The minimum Gasteiger partial charge on any atom is -0.397 e. The molecule has 0 atom stereocenters. The number of amides is 1. The van der Waals surface area contributed by atoms with Crippen LogP contribution in [0.3, 0.4) is 0 Å². The standard InChI is InChI=1S/C11H8ClFN2OS/c12-6-2-1-3-7(13)9(6)15-11(16)10-8(14)4-5-17-10/h1-5H,14H2,(H,15,16). The van der Waals surface area contributed by atoms with Crippen molar-refractivity contribution in [1.29, 1.82) is 0 Å². The third kappa shape index (κ3) is 2.40. The van der Waals surface area contributed by atoms with Crippen molar-refractivity contribution < 1.29 is 9.18 Å². The molecule has 2 aromatic rings. The van der Waals surface area contributed by atoms with Gasteiger partial charge in [-0.15, -0.1) is 11.3 Å². The monoisotopic (exact) mass is 270 g/mol. The maximum absolute atomic E-state index is 13.4. The summed E-state index contributed by atoms with van der Waals surface area (Å²) in [5, 5.41) is 4.24. The van der Waals surface area contributed by atoms with Crippen LogP contribution in [0.25, 0.3) is 0 Å². The number of benzene rings is 1. The van der Waals surface area contributed by atoms with Crippen molar-refractivity contribution in [3.63, 3.8) is 0 Å². The highest BCUT2D eigenvalue weighted by Gasteiger charge is 2.15. The Hall–Kier alpha value is -1.59. The van der Waals surface area contributed by atoms with Crippen LogP contribution in [0.15, 0.2) is 29.6 Å². The van der Waals surface area contributed by atoms with E-state index in [1.54, 1.807) is 11.4 Å². The molecule has 2 rings (SSSR count). The fourth-order valence-electron chi connectivity index (χ4n) is 1.29. The smallest absolute Gasteiger partial charge is 0.267 e. The lowest BCUT2D eigenvalue weighted by Gasteiger charge is -2.07. The van der Waals surface area contributed by atoms with Gasteiger partial charge in [0.15, 0.2) is 0 Å². The van der Waals surface area contributed by atoms with Gasteiger partial charge in [0.05, 0.1) is 16.4 Å². The van der Waals surface area contributed by atoms with Gasteiger partial charge in [0.2, 0.25) is 0 Å². The topological polar surface area (TPSA) is 55.1 Å². The number of nitrogens with one attached hydrogen (secondary N) is 1. The molecule has 3 nitrogen and oxygen atoms in total. The van der Waals surface area contributed by atoms with Gasteiger partial charge in [0.1, 0.15) is 10.7 Å². The number of halogens is 2. The molecule has 0 fully saturated rings. The second kappa shape index (κ2) is 4.73. The van der Waals surface area contributed by atoms with E-state index in [-0.39, 0.29) is 10.7 Å². The molecule has 0 aliphatic rings. The van der Waals surface area contributed by atoms with Gasteiger partial charge in [-0.05, 0) is 23.6 Å². The maximum Gasteiger partial charge on any atom is 0.267 e. The summed E-state index contributed by atoms with van der Waals surface area (Å²) in [4.78, 5) is 12.1. The Morgan fingerprint density at radius 2 is 2.18 bits per heavy atom. The van der Waals surface area contributed by atoms with E-state index in [4.69, 9.17) is 17.3 Å². The number of rotatable bonds is 2. The van der Waals surface area contributed by atoms with Crippen LogP contribution in [0.5, 0.6) is 0 Å². The number of thiophene rings is 1. The number of anilines is 2. The minimum atomic E-state index is -0.582. The molecule has 0 aliphatic heterocycles. The fourth-order valence-corrected chi connectivity index (χ4v) is 2.21. The molecule has 17 heavy (non-hydrogen) atoms. The highest BCUT2D eigenvalue weighted by Crippen LogP contribution is 2.27. The second-order valence-corrected chi connectivity index (χ2v) is 4.58. The first-order chi connectivity index (χ1) is 8.09. The van der Waals surface area contributed by atoms with Gasteiger partial charge >= 0.3 is 0 Å². The zero-order valence-corrected chi connectivity index (χ0v) is 10.1. The van der Waals surface area contributed by atoms with E-state index < -0.39 is 11.7 Å². The lowest BCUT2D eigenvalue weighted by atomic mass is 10.3. The van der Waals surface area contributed by atoms with Gasteiger partial charge < -0.3 is 11.1 Å². The van der Waals surface area contributed by atoms with E-state index >= 15 is 0 Å². The number of para-hydroxylation sites is 1. The first-order valence-electron chi connectivity index (χ1n) is 4.68. The number of nitrogen functional groups attached to an aromatic ring is 1. The van der Waals surface area contributed by atoms with E-state index in [0.29, 0.717) is 10.6 Å². The predicted molar refractivity (Wildman–Crippen MR) is 68.1 cm³/mol. The summed E-state index contributed by atoms with van der Waals surface area (Å²) < 4.78 is 13.4. The molecule has 1 amide bonds. The predicted octanol–water partition coefficient (Wildman–Crippen LogP) is 3.38. The molecule has 0 aliphatic carbocycles. The van der Waals surface area contributed by atoms with Gasteiger partial charge in [-0.1, -0.05) is 17.7 Å². The summed E-state index contributed by atoms with van der Waals surface area (Å²) >= 11 is 6.98. The first-order valence-corrected chi connectivity index (χ1v) is 5.93. The Bertz CT molecular complexity index is 550. The zero-order valence-electron chi connectivity index (χ0n) is 8.54. The molecular formula is C11H8ClFN2OS. The molecule has 0 radical (unpaired) electrons. The Morgan fingerprint density at radius 1 is 1.41 bits per heavy atom. The van der Waals surface area contributed by atoms with Crippen LogP contribution in [0.2, 0.25) is 5.02 Å².